The second-order valence-electron chi connectivity index (χ2n) is 7.86. The molecule has 0 aliphatic rings. The van der Waals surface area contributed by atoms with E-state index in [1.54, 1.807) is 0 Å². The van der Waals surface area contributed by atoms with Crippen LogP contribution in [-0.2, 0) is 33.8 Å². The Balaban J connectivity index is 3.64. The van der Waals surface area contributed by atoms with Crippen LogP contribution in [0.3, 0.4) is 0 Å². The molecule has 0 aliphatic heterocycles. The number of aryl methyl sites for hydroxylation is 1. The van der Waals surface area contributed by atoms with Gasteiger partial charge in [-0.1, -0.05) is 0 Å². The van der Waals surface area contributed by atoms with Gasteiger partial charge < -0.3 is 18.1 Å². The van der Waals surface area contributed by atoms with Gasteiger partial charge in [0.2, 0.25) is 10.9 Å². The minimum absolute atomic E-state index is 0.120. The highest BCUT2D eigenvalue weighted by molar-refractivity contribution is 7.68. The summed E-state index contributed by atoms with van der Waals surface area (Å²) < 4.78 is 221. The molecule has 1 rings (SSSR count). The third kappa shape index (κ3) is 6.77. The molecule has 0 aliphatic carbocycles. The van der Waals surface area contributed by atoms with E-state index < -0.39 is 101 Å². The molecule has 248 valence electrons. The first kappa shape index (κ1) is 38.6. The molecule has 0 fully saturated rings. The molecule has 1 aromatic rings. The van der Waals surface area contributed by atoms with Crippen molar-refractivity contribution >= 4 is 26.1 Å². The second kappa shape index (κ2) is 12.9. The lowest BCUT2D eigenvalue weighted by molar-refractivity contribution is -0.440. The van der Waals surface area contributed by atoms with Crippen molar-refractivity contribution in [1.82, 2.24) is 15.0 Å². The first-order valence-electron chi connectivity index (χ1n) is 11.5. The van der Waals surface area contributed by atoms with Crippen LogP contribution in [0.5, 0.6) is 0 Å². The lowest BCUT2D eigenvalue weighted by atomic mass is 9.92. The van der Waals surface area contributed by atoms with Crippen LogP contribution in [0.15, 0.2) is 0 Å². The Hall–Kier alpha value is -1.47. The van der Waals surface area contributed by atoms with Crippen molar-refractivity contribution in [3.8, 4) is 0 Å². The maximum absolute atomic E-state index is 14.3. The number of nitrogens with zero attached hydrogens (tertiary/aromatic N) is 3. The zero-order valence-electron chi connectivity index (χ0n) is 21.8. The summed E-state index contributed by atoms with van der Waals surface area (Å²) in [5.41, 5.74) is -2.07. The lowest BCUT2D eigenvalue weighted by Gasteiger charge is -2.39. The Morgan fingerprint density at radius 3 is 1.17 bits per heavy atom. The fourth-order valence-electron chi connectivity index (χ4n) is 2.98. The largest absolute Gasteiger partial charge is 0.460 e. The van der Waals surface area contributed by atoms with Crippen LogP contribution < -0.4 is 10.9 Å². The average molecular weight is 687 g/mol. The normalized spacial score (nSPS) is 15.0. The molecular formula is C18H24F13N3O6P2. The Bertz CT molecular complexity index is 1100. The maximum Gasteiger partial charge on any atom is 0.460 e. The third-order valence-corrected chi connectivity index (χ3v) is 9.17. The molecule has 0 atom stereocenters. The number of halogens is 13. The number of aromatic nitrogens is 3. The predicted molar refractivity (Wildman–Crippen MR) is 116 cm³/mol. The molecule has 0 amide bonds. The van der Waals surface area contributed by atoms with Gasteiger partial charge in [-0.05, 0) is 27.7 Å². The number of rotatable bonds is 17. The summed E-state index contributed by atoms with van der Waals surface area (Å²) >= 11 is 0. The maximum atomic E-state index is 14.3. The Morgan fingerprint density at radius 2 is 0.881 bits per heavy atom. The minimum Gasteiger partial charge on any atom is -0.304 e. The van der Waals surface area contributed by atoms with Gasteiger partial charge in [-0.2, -0.15) is 61.9 Å². The van der Waals surface area contributed by atoms with Crippen LogP contribution in [0.1, 0.15) is 34.1 Å². The van der Waals surface area contributed by atoms with Gasteiger partial charge in [0.05, 0.1) is 33.0 Å². The highest BCUT2D eigenvalue weighted by atomic mass is 31.2. The molecular weight excluding hydrogens is 663 g/mol. The topological polar surface area (TPSA) is 102 Å². The molecule has 0 spiro atoms. The summed E-state index contributed by atoms with van der Waals surface area (Å²) in [5, 5.41) is 6.79. The highest BCUT2D eigenvalue weighted by Crippen LogP contribution is 2.60. The van der Waals surface area contributed by atoms with Crippen molar-refractivity contribution in [2.75, 3.05) is 26.4 Å². The molecule has 0 radical (unpaired) electrons. The van der Waals surface area contributed by atoms with Crippen molar-refractivity contribution in [3.05, 3.63) is 0 Å². The summed E-state index contributed by atoms with van der Waals surface area (Å²) in [7, 11) is -9.37. The smallest absolute Gasteiger partial charge is 0.304 e. The first-order valence-corrected chi connectivity index (χ1v) is 14.6. The summed E-state index contributed by atoms with van der Waals surface area (Å²) in [6.45, 7) is 1.72. The number of alkyl halides is 13. The second-order valence-corrected chi connectivity index (χ2v) is 11.7. The predicted octanol–water partition coefficient (Wildman–Crippen LogP) is 6.19. The van der Waals surface area contributed by atoms with Crippen LogP contribution >= 0.6 is 15.2 Å². The van der Waals surface area contributed by atoms with E-state index in [4.69, 9.17) is 18.1 Å². The minimum atomic E-state index is -8.06. The Labute approximate surface area is 229 Å². The first-order chi connectivity index (χ1) is 18.8. The molecule has 0 saturated heterocycles. The van der Waals surface area contributed by atoms with Crippen molar-refractivity contribution in [3.63, 3.8) is 0 Å². The van der Waals surface area contributed by atoms with Crippen molar-refractivity contribution in [1.29, 1.82) is 0 Å². The van der Waals surface area contributed by atoms with E-state index in [9.17, 15) is 66.2 Å². The van der Waals surface area contributed by atoms with Gasteiger partial charge in [0.15, 0.2) is 0 Å². The summed E-state index contributed by atoms with van der Waals surface area (Å²) in [5.74, 6) is -37.9. The molecule has 1 aromatic heterocycles. The summed E-state index contributed by atoms with van der Waals surface area (Å²) in [4.78, 5) is -0.120. The standard InChI is InChI=1S/C18H24F13N3O6P2/c1-5-37-41(35,38-6-2)11-12(42(36,39-7-3)40-8-4)33-34(32-11)10-9-13(19,20)14(21,22)15(23,24)16(25,26)17(27,28)18(29,30)31/h5-10H2,1-4H3. The zero-order chi connectivity index (χ0) is 33.2. The van der Waals surface area contributed by atoms with Crippen molar-refractivity contribution in [2.24, 2.45) is 0 Å². The average Bonchev–Trinajstić information content (AvgIpc) is 3.28. The van der Waals surface area contributed by atoms with Crippen LogP contribution in [0.25, 0.3) is 0 Å². The van der Waals surface area contributed by atoms with Gasteiger partial charge in [-0.3, -0.25) is 9.13 Å². The lowest BCUT2D eigenvalue weighted by Crippen LogP contribution is -2.70. The third-order valence-electron chi connectivity index (χ3n) is 4.96. The van der Waals surface area contributed by atoms with Crippen LogP contribution in [-0.4, -0.2) is 77.2 Å². The molecule has 0 aromatic carbocycles. The molecule has 0 saturated carbocycles. The fourth-order valence-corrected chi connectivity index (χ4v) is 6.72. The Morgan fingerprint density at radius 1 is 0.571 bits per heavy atom. The van der Waals surface area contributed by atoms with Gasteiger partial charge in [0, 0.05) is 6.42 Å². The van der Waals surface area contributed by atoms with E-state index in [0.29, 0.717) is 0 Å². The van der Waals surface area contributed by atoms with Crippen molar-refractivity contribution < 1.29 is 84.3 Å². The highest BCUT2D eigenvalue weighted by Gasteiger charge is 2.90. The molecule has 0 bridgehead atoms. The van der Waals surface area contributed by atoms with Crippen LogP contribution in [0.2, 0.25) is 0 Å². The molecule has 24 heteroatoms. The van der Waals surface area contributed by atoms with Gasteiger partial charge >= 0.3 is 51.0 Å². The van der Waals surface area contributed by atoms with Gasteiger partial charge in [-0.15, -0.1) is 10.2 Å². The van der Waals surface area contributed by atoms with E-state index in [-0.39, 0.29) is 4.80 Å². The van der Waals surface area contributed by atoms with Gasteiger partial charge in [0.1, 0.15) is 0 Å². The monoisotopic (exact) mass is 687 g/mol. The molecule has 9 nitrogen and oxygen atoms in total. The summed E-state index contributed by atoms with van der Waals surface area (Å²) in [6, 6.07) is 0. The molecule has 0 unspecified atom stereocenters. The fraction of sp³-hybridized carbons (Fsp3) is 0.889. The molecule has 1 heterocycles. The van der Waals surface area contributed by atoms with E-state index in [0.717, 1.165) is 0 Å². The molecule has 42 heavy (non-hydrogen) atoms. The van der Waals surface area contributed by atoms with E-state index in [2.05, 4.69) is 10.2 Å². The van der Waals surface area contributed by atoms with E-state index >= 15 is 0 Å². The van der Waals surface area contributed by atoms with E-state index in [1.807, 2.05) is 0 Å². The number of hydrogen-bond acceptors (Lipinski definition) is 8. The molecule has 0 N–H and O–H groups in total. The van der Waals surface area contributed by atoms with Crippen molar-refractivity contribution in [2.45, 2.75) is 76.4 Å². The Kier molecular flexibility index (Phi) is 11.8. The SMILES string of the molecule is CCOP(=O)(OCC)c1nn(CCC(F)(F)C(F)(F)C(F)(F)C(F)(F)C(F)(F)C(F)(F)F)nc1P(=O)(OCC)OCC. The quantitative estimate of drug-likeness (QED) is 0.141. The van der Waals surface area contributed by atoms with Crippen LogP contribution in [0, 0.1) is 0 Å². The zero-order valence-corrected chi connectivity index (χ0v) is 23.6. The summed E-state index contributed by atoms with van der Waals surface area (Å²) in [6.07, 6.45) is -10.3. The van der Waals surface area contributed by atoms with E-state index in [1.165, 1.54) is 27.7 Å². The van der Waals surface area contributed by atoms with Gasteiger partial charge in [-0.25, -0.2) is 0 Å². The van der Waals surface area contributed by atoms with Gasteiger partial charge in [0.25, 0.3) is 0 Å². The number of hydrogen-bond donors (Lipinski definition) is 0. The van der Waals surface area contributed by atoms with Crippen LogP contribution in [0.4, 0.5) is 57.1 Å².